The Hall–Kier alpha value is -0.840. The summed E-state index contributed by atoms with van der Waals surface area (Å²) in [6, 6.07) is 0. The van der Waals surface area contributed by atoms with E-state index in [2.05, 4.69) is 0 Å². The van der Waals surface area contributed by atoms with Crippen LogP contribution in [0.25, 0.3) is 0 Å². The van der Waals surface area contributed by atoms with Crippen LogP contribution >= 0.6 is 0 Å². The van der Waals surface area contributed by atoms with E-state index < -0.39 is 36.5 Å². The van der Waals surface area contributed by atoms with E-state index in [4.69, 9.17) is 0 Å². The molecule has 0 amide bonds. The molecular formula is C6H2F12. The fourth-order valence-electron chi connectivity index (χ4n) is 0.686. The molecule has 0 aromatic rings. The average Bonchev–Trinajstić information content (AvgIpc) is 2.13. The van der Waals surface area contributed by atoms with Gasteiger partial charge < -0.3 is 0 Å². The van der Waals surface area contributed by atoms with Gasteiger partial charge in [-0.1, -0.05) is 0 Å². The van der Waals surface area contributed by atoms with E-state index in [9.17, 15) is 52.7 Å². The van der Waals surface area contributed by atoms with Gasteiger partial charge in [-0.2, -0.15) is 39.5 Å². The highest BCUT2D eigenvalue weighted by Gasteiger charge is 2.78. The van der Waals surface area contributed by atoms with Crippen LogP contribution in [0.1, 0.15) is 0 Å². The Morgan fingerprint density at radius 1 is 0.500 bits per heavy atom. The lowest BCUT2D eigenvalue weighted by Gasteiger charge is -2.32. The van der Waals surface area contributed by atoms with Gasteiger partial charge in [-0.15, -0.1) is 0 Å². The second-order valence-electron chi connectivity index (χ2n) is 3.03. The maximum absolute atomic E-state index is 12.3. The number of hydrogen-bond acceptors (Lipinski definition) is 0. The highest BCUT2D eigenvalue weighted by Crippen LogP contribution is 2.51. The fraction of sp³-hybridized carbons (Fsp3) is 1.00. The van der Waals surface area contributed by atoms with Crippen molar-refractivity contribution in [2.24, 2.45) is 0 Å². The lowest BCUT2D eigenvalue weighted by molar-refractivity contribution is -0.362. The van der Waals surface area contributed by atoms with Crippen LogP contribution in [0.15, 0.2) is 0 Å². The van der Waals surface area contributed by atoms with Crippen molar-refractivity contribution in [1.29, 1.82) is 0 Å². The zero-order chi connectivity index (χ0) is 15.2. The summed E-state index contributed by atoms with van der Waals surface area (Å²) >= 11 is 0. The van der Waals surface area contributed by atoms with Crippen molar-refractivity contribution in [3.05, 3.63) is 0 Å². The van der Waals surface area contributed by atoms with Crippen LogP contribution in [0.2, 0.25) is 0 Å². The van der Waals surface area contributed by atoms with Crippen LogP contribution in [-0.4, -0.2) is 36.5 Å². The van der Waals surface area contributed by atoms with Crippen LogP contribution in [0.4, 0.5) is 52.7 Å². The Morgan fingerprint density at radius 2 is 0.833 bits per heavy atom. The minimum atomic E-state index is -6.94. The predicted octanol–water partition coefficient (Wildman–Crippen LogP) is 4.06. The van der Waals surface area contributed by atoms with Gasteiger partial charge in [0.05, 0.1) is 0 Å². The molecule has 1 atom stereocenters. The molecule has 0 saturated carbocycles. The number of rotatable bonds is 4. The summed E-state index contributed by atoms with van der Waals surface area (Å²) in [5.74, 6) is -20.5. The first kappa shape index (κ1) is 17.2. The third-order valence-electron chi connectivity index (χ3n) is 1.73. The van der Waals surface area contributed by atoms with Crippen LogP contribution in [0, 0.1) is 0 Å². The Morgan fingerprint density at radius 3 is 1.06 bits per heavy atom. The van der Waals surface area contributed by atoms with E-state index in [1.807, 2.05) is 0 Å². The molecule has 0 nitrogen and oxygen atoms in total. The Bertz CT molecular complexity index is 287. The van der Waals surface area contributed by atoms with Gasteiger partial charge in [-0.25, -0.2) is 13.2 Å². The zero-order valence-electron chi connectivity index (χ0n) is 7.69. The molecule has 0 aliphatic heterocycles. The quantitative estimate of drug-likeness (QED) is 0.687. The second kappa shape index (κ2) is 4.37. The molecule has 1 unspecified atom stereocenters. The summed E-state index contributed by atoms with van der Waals surface area (Å²) in [7, 11) is 0. The van der Waals surface area contributed by atoms with Crippen LogP contribution in [-0.2, 0) is 0 Å². The smallest absolute Gasteiger partial charge is 0.233 e. The van der Waals surface area contributed by atoms with Crippen LogP contribution in [0.5, 0.6) is 0 Å². The van der Waals surface area contributed by atoms with Crippen molar-refractivity contribution in [2.45, 2.75) is 36.5 Å². The van der Waals surface area contributed by atoms with Crippen molar-refractivity contribution in [3.8, 4) is 0 Å². The summed E-state index contributed by atoms with van der Waals surface area (Å²) in [4.78, 5) is 0. The summed E-state index contributed by atoms with van der Waals surface area (Å²) in [5.41, 5.74) is 0. The fourth-order valence-corrected chi connectivity index (χ4v) is 0.686. The standard InChI is InChI=1S/C6H2F12/c7-1(4(12,13)6(16,17)18)3(10,11)5(14,15)2(8)9/h1-2H. The van der Waals surface area contributed by atoms with Crippen LogP contribution < -0.4 is 0 Å². The van der Waals surface area contributed by atoms with Gasteiger partial charge in [-0.3, -0.25) is 0 Å². The summed E-state index contributed by atoms with van der Waals surface area (Å²) in [6.45, 7) is 0. The molecule has 0 rings (SSSR count). The second-order valence-corrected chi connectivity index (χ2v) is 3.03. The van der Waals surface area contributed by atoms with Crippen molar-refractivity contribution in [1.82, 2.24) is 0 Å². The molecule has 0 radical (unpaired) electrons. The first-order valence-electron chi connectivity index (χ1n) is 3.72. The average molecular weight is 302 g/mol. The van der Waals surface area contributed by atoms with Crippen LogP contribution in [0.3, 0.4) is 0 Å². The number of alkyl halides is 12. The topological polar surface area (TPSA) is 0 Å². The maximum atomic E-state index is 12.3. The lowest BCUT2D eigenvalue weighted by atomic mass is 10.0. The van der Waals surface area contributed by atoms with E-state index >= 15 is 0 Å². The summed E-state index contributed by atoms with van der Waals surface area (Å²) in [5, 5.41) is 0. The zero-order valence-corrected chi connectivity index (χ0v) is 7.69. The van der Waals surface area contributed by atoms with E-state index in [-0.39, 0.29) is 0 Å². The molecule has 0 saturated heterocycles. The highest BCUT2D eigenvalue weighted by molar-refractivity contribution is 5.01. The first-order chi connectivity index (χ1) is 7.60. The van der Waals surface area contributed by atoms with Gasteiger partial charge >= 0.3 is 30.4 Å². The molecule has 110 valence electrons. The van der Waals surface area contributed by atoms with Crippen molar-refractivity contribution >= 4 is 0 Å². The van der Waals surface area contributed by atoms with Crippen molar-refractivity contribution in [2.75, 3.05) is 0 Å². The molecule has 0 aliphatic rings. The summed E-state index contributed by atoms with van der Waals surface area (Å²) < 4.78 is 142. The largest absolute Gasteiger partial charge is 0.456 e. The molecule has 0 heterocycles. The minimum absolute atomic E-state index is 5.32. The van der Waals surface area contributed by atoms with E-state index in [0.29, 0.717) is 0 Å². The molecule has 0 aliphatic carbocycles. The molecule has 12 heteroatoms. The molecule has 0 N–H and O–H groups in total. The molecule has 0 aromatic heterocycles. The lowest BCUT2D eigenvalue weighted by Crippen LogP contribution is -2.61. The number of halogens is 12. The predicted molar refractivity (Wildman–Crippen MR) is 31.8 cm³/mol. The van der Waals surface area contributed by atoms with Gasteiger partial charge in [0.25, 0.3) is 0 Å². The van der Waals surface area contributed by atoms with E-state index in [0.717, 1.165) is 0 Å². The van der Waals surface area contributed by atoms with Gasteiger partial charge in [0.15, 0.2) is 0 Å². The highest BCUT2D eigenvalue weighted by atomic mass is 19.4. The monoisotopic (exact) mass is 302 g/mol. The van der Waals surface area contributed by atoms with Gasteiger partial charge in [-0.05, 0) is 0 Å². The molecule has 0 fully saturated rings. The Labute approximate surface area is 90.6 Å². The first-order valence-corrected chi connectivity index (χ1v) is 3.72. The Balaban J connectivity index is 5.52. The summed E-state index contributed by atoms with van der Waals surface area (Å²) in [6.07, 6.45) is -18.1. The third kappa shape index (κ3) is 2.46. The normalized spacial score (nSPS) is 17.2. The molecule has 0 bridgehead atoms. The molecule has 0 aromatic carbocycles. The van der Waals surface area contributed by atoms with Gasteiger partial charge in [0, 0.05) is 0 Å². The third-order valence-corrected chi connectivity index (χ3v) is 1.73. The molecule has 0 spiro atoms. The molecular weight excluding hydrogens is 300 g/mol. The van der Waals surface area contributed by atoms with Crippen molar-refractivity contribution in [3.63, 3.8) is 0 Å². The minimum Gasteiger partial charge on any atom is -0.233 e. The Kier molecular flexibility index (Phi) is 4.16. The van der Waals surface area contributed by atoms with Gasteiger partial charge in [0.1, 0.15) is 0 Å². The molecule has 18 heavy (non-hydrogen) atoms. The van der Waals surface area contributed by atoms with Crippen molar-refractivity contribution < 1.29 is 52.7 Å². The SMILES string of the molecule is FC(F)C(F)(F)C(F)(F)C(F)C(F)(F)C(F)(F)F. The number of hydrogen-bond donors (Lipinski definition) is 0. The maximum Gasteiger partial charge on any atom is 0.456 e. The van der Waals surface area contributed by atoms with E-state index in [1.165, 1.54) is 0 Å². The van der Waals surface area contributed by atoms with E-state index in [1.54, 1.807) is 0 Å². The van der Waals surface area contributed by atoms with Gasteiger partial charge in [0.2, 0.25) is 6.17 Å².